The van der Waals surface area contributed by atoms with Gasteiger partial charge in [-0.1, -0.05) is 28.1 Å². The summed E-state index contributed by atoms with van der Waals surface area (Å²) in [5, 5.41) is 0. The highest BCUT2D eigenvalue weighted by atomic mass is 79.9. The van der Waals surface area contributed by atoms with E-state index in [0.717, 1.165) is 5.56 Å². The maximum atomic E-state index is 11.2. The van der Waals surface area contributed by atoms with Crippen LogP contribution < -0.4 is 4.74 Å². The molecule has 0 aliphatic rings. The third kappa shape index (κ3) is 2.30. The Bertz CT molecular complexity index is 352. The van der Waals surface area contributed by atoms with Gasteiger partial charge in [0.15, 0.2) is 0 Å². The minimum absolute atomic E-state index is 0.0496. The molecule has 0 aromatic heterocycles. The number of hydrogen-bond donors (Lipinski definition) is 1. The van der Waals surface area contributed by atoms with Gasteiger partial charge in [-0.05, 0) is 18.6 Å². The molecule has 0 heterocycles. The Morgan fingerprint density at radius 3 is 2.71 bits per heavy atom. The van der Waals surface area contributed by atoms with Crippen LogP contribution in [-0.2, 0) is 4.79 Å². The Kier molecular flexibility index (Phi) is 4.01. The van der Waals surface area contributed by atoms with E-state index in [9.17, 15) is 4.79 Å². The SMILES string of the molecule is COc1cccc(C(Br)C(C)=O)c1S. The van der Waals surface area contributed by atoms with E-state index in [2.05, 4.69) is 28.6 Å². The van der Waals surface area contributed by atoms with Crippen LogP contribution in [0.4, 0.5) is 0 Å². The molecule has 0 bridgehead atoms. The molecule has 1 unspecified atom stereocenters. The Morgan fingerprint density at radius 1 is 1.57 bits per heavy atom. The van der Waals surface area contributed by atoms with Gasteiger partial charge in [0, 0.05) is 0 Å². The predicted molar refractivity (Wildman–Crippen MR) is 62.6 cm³/mol. The van der Waals surface area contributed by atoms with Crippen molar-refractivity contribution in [3.63, 3.8) is 0 Å². The first-order valence-electron chi connectivity index (χ1n) is 4.08. The molecule has 76 valence electrons. The van der Waals surface area contributed by atoms with Crippen LogP contribution in [-0.4, -0.2) is 12.9 Å². The number of ether oxygens (including phenoxy) is 1. The second kappa shape index (κ2) is 4.84. The molecular weight excluding hydrogens is 264 g/mol. The van der Waals surface area contributed by atoms with Gasteiger partial charge < -0.3 is 4.74 Å². The van der Waals surface area contributed by atoms with E-state index in [-0.39, 0.29) is 10.6 Å². The molecule has 1 aromatic carbocycles. The van der Waals surface area contributed by atoms with Crippen molar-refractivity contribution in [2.24, 2.45) is 0 Å². The number of carbonyl (C=O) groups is 1. The Balaban J connectivity index is 3.15. The number of methoxy groups -OCH3 is 1. The zero-order chi connectivity index (χ0) is 10.7. The molecule has 14 heavy (non-hydrogen) atoms. The van der Waals surface area contributed by atoms with Crippen molar-refractivity contribution >= 4 is 34.3 Å². The van der Waals surface area contributed by atoms with Gasteiger partial charge in [0.1, 0.15) is 11.5 Å². The van der Waals surface area contributed by atoms with E-state index in [1.807, 2.05) is 18.2 Å². The lowest BCUT2D eigenvalue weighted by atomic mass is 10.1. The van der Waals surface area contributed by atoms with E-state index in [4.69, 9.17) is 4.74 Å². The smallest absolute Gasteiger partial charge is 0.147 e. The largest absolute Gasteiger partial charge is 0.496 e. The van der Waals surface area contributed by atoms with Crippen LogP contribution in [0.2, 0.25) is 0 Å². The fourth-order valence-electron chi connectivity index (χ4n) is 1.13. The number of thiol groups is 1. The molecule has 0 N–H and O–H groups in total. The van der Waals surface area contributed by atoms with Crippen molar-refractivity contribution in [3.05, 3.63) is 23.8 Å². The molecule has 0 amide bonds. The summed E-state index contributed by atoms with van der Waals surface area (Å²) < 4.78 is 5.11. The molecule has 0 aliphatic carbocycles. The minimum atomic E-state index is -0.315. The van der Waals surface area contributed by atoms with E-state index >= 15 is 0 Å². The Labute approximate surface area is 97.2 Å². The second-order valence-electron chi connectivity index (χ2n) is 2.87. The molecule has 0 radical (unpaired) electrons. The fraction of sp³-hybridized carbons (Fsp3) is 0.300. The van der Waals surface area contributed by atoms with Gasteiger partial charge in [-0.2, -0.15) is 0 Å². The van der Waals surface area contributed by atoms with Crippen LogP contribution in [0.25, 0.3) is 0 Å². The molecule has 1 aromatic rings. The van der Waals surface area contributed by atoms with Crippen molar-refractivity contribution < 1.29 is 9.53 Å². The number of Topliss-reactive ketones (excluding diaryl/α,β-unsaturated/α-hetero) is 1. The molecule has 0 spiro atoms. The van der Waals surface area contributed by atoms with Crippen LogP contribution in [0.3, 0.4) is 0 Å². The summed E-state index contributed by atoms with van der Waals surface area (Å²) in [6.45, 7) is 1.53. The van der Waals surface area contributed by atoms with Crippen LogP contribution in [0.15, 0.2) is 23.1 Å². The number of alkyl halides is 1. The molecule has 0 aliphatic heterocycles. The van der Waals surface area contributed by atoms with Gasteiger partial charge in [0.05, 0.1) is 16.8 Å². The van der Waals surface area contributed by atoms with E-state index in [0.29, 0.717) is 10.6 Å². The Hall–Kier alpha value is -0.480. The molecule has 4 heteroatoms. The number of hydrogen-bond acceptors (Lipinski definition) is 3. The summed E-state index contributed by atoms with van der Waals surface area (Å²) >= 11 is 7.63. The summed E-state index contributed by atoms with van der Waals surface area (Å²) in [6.07, 6.45) is 0. The van der Waals surface area contributed by atoms with Crippen LogP contribution in [0.5, 0.6) is 5.75 Å². The molecule has 0 saturated carbocycles. The van der Waals surface area contributed by atoms with Gasteiger partial charge in [0.2, 0.25) is 0 Å². The highest BCUT2D eigenvalue weighted by Crippen LogP contribution is 2.34. The first-order valence-corrected chi connectivity index (χ1v) is 5.44. The zero-order valence-corrected chi connectivity index (χ0v) is 10.4. The maximum absolute atomic E-state index is 11.2. The van der Waals surface area contributed by atoms with E-state index < -0.39 is 0 Å². The lowest BCUT2D eigenvalue weighted by Crippen LogP contribution is -2.02. The van der Waals surface area contributed by atoms with Crippen molar-refractivity contribution in [1.82, 2.24) is 0 Å². The molecule has 1 rings (SSSR count). The first kappa shape index (κ1) is 11.6. The van der Waals surface area contributed by atoms with Crippen molar-refractivity contribution in [2.75, 3.05) is 7.11 Å². The molecule has 2 nitrogen and oxygen atoms in total. The van der Waals surface area contributed by atoms with Crippen molar-refractivity contribution in [3.8, 4) is 5.75 Å². The molecule has 1 atom stereocenters. The monoisotopic (exact) mass is 274 g/mol. The van der Waals surface area contributed by atoms with Gasteiger partial charge in [-0.15, -0.1) is 12.6 Å². The number of benzene rings is 1. The van der Waals surface area contributed by atoms with Crippen LogP contribution in [0, 0.1) is 0 Å². The normalized spacial score (nSPS) is 12.3. The van der Waals surface area contributed by atoms with Gasteiger partial charge in [-0.3, -0.25) is 4.79 Å². The quantitative estimate of drug-likeness (QED) is 0.678. The Morgan fingerprint density at radius 2 is 2.21 bits per heavy atom. The minimum Gasteiger partial charge on any atom is -0.496 e. The lowest BCUT2D eigenvalue weighted by Gasteiger charge is -2.12. The zero-order valence-electron chi connectivity index (χ0n) is 7.95. The maximum Gasteiger partial charge on any atom is 0.147 e. The third-order valence-corrected chi connectivity index (χ3v) is 3.50. The number of rotatable bonds is 3. The standard InChI is InChI=1S/C10H11BrO2S/c1-6(12)9(11)7-4-3-5-8(13-2)10(7)14/h3-5,9,14H,1-2H3. The second-order valence-corrected chi connectivity index (χ2v) is 4.23. The number of carbonyl (C=O) groups excluding carboxylic acids is 1. The van der Waals surface area contributed by atoms with Crippen LogP contribution >= 0.6 is 28.6 Å². The van der Waals surface area contributed by atoms with Gasteiger partial charge >= 0.3 is 0 Å². The summed E-state index contributed by atoms with van der Waals surface area (Å²) in [7, 11) is 1.58. The predicted octanol–water partition coefficient (Wildman–Crippen LogP) is 3.01. The van der Waals surface area contributed by atoms with Crippen molar-refractivity contribution in [2.45, 2.75) is 16.6 Å². The van der Waals surface area contributed by atoms with E-state index in [1.54, 1.807) is 7.11 Å². The van der Waals surface area contributed by atoms with Gasteiger partial charge in [0.25, 0.3) is 0 Å². The molecule has 0 fully saturated rings. The third-order valence-electron chi connectivity index (χ3n) is 1.88. The average Bonchev–Trinajstić information content (AvgIpc) is 2.17. The summed E-state index contributed by atoms with van der Waals surface area (Å²) in [5.41, 5.74) is 0.834. The van der Waals surface area contributed by atoms with Gasteiger partial charge in [-0.25, -0.2) is 0 Å². The topological polar surface area (TPSA) is 26.3 Å². The molecular formula is C10H11BrO2S. The summed E-state index contributed by atoms with van der Waals surface area (Å²) in [6, 6.07) is 5.50. The number of ketones is 1. The number of halogens is 1. The highest BCUT2D eigenvalue weighted by Gasteiger charge is 2.17. The lowest BCUT2D eigenvalue weighted by molar-refractivity contribution is -0.116. The van der Waals surface area contributed by atoms with E-state index in [1.165, 1.54) is 6.92 Å². The summed E-state index contributed by atoms with van der Waals surface area (Å²) in [5.74, 6) is 0.727. The first-order chi connectivity index (χ1) is 6.57. The van der Waals surface area contributed by atoms with Crippen molar-refractivity contribution in [1.29, 1.82) is 0 Å². The average molecular weight is 275 g/mol. The summed E-state index contributed by atoms with van der Waals surface area (Å²) in [4.78, 5) is 11.6. The highest BCUT2D eigenvalue weighted by molar-refractivity contribution is 9.09. The fourth-order valence-corrected chi connectivity index (χ4v) is 2.06. The van der Waals surface area contributed by atoms with Crippen LogP contribution in [0.1, 0.15) is 17.3 Å². The molecule has 0 saturated heterocycles.